The Balaban J connectivity index is 1.90. The topological polar surface area (TPSA) is 94.6 Å². The summed E-state index contributed by atoms with van der Waals surface area (Å²) in [7, 11) is 0. The van der Waals surface area contributed by atoms with Crippen LogP contribution in [0.2, 0.25) is 5.02 Å². The molecule has 0 unspecified atom stereocenters. The molecule has 1 amide bonds. The van der Waals surface area contributed by atoms with Gasteiger partial charge in [0, 0.05) is 20.4 Å². The molecule has 1 heterocycles. The third-order valence-corrected chi connectivity index (χ3v) is 5.54. The molecule has 0 spiro atoms. The fourth-order valence-corrected chi connectivity index (χ4v) is 3.86. The van der Waals surface area contributed by atoms with Crippen molar-refractivity contribution < 1.29 is 23.9 Å². The van der Waals surface area contributed by atoms with Crippen LogP contribution in [0.5, 0.6) is 0 Å². The van der Waals surface area contributed by atoms with Crippen molar-refractivity contribution in [1.82, 2.24) is 4.98 Å². The van der Waals surface area contributed by atoms with Gasteiger partial charge in [0.2, 0.25) is 0 Å². The number of rotatable bonds is 8. The van der Waals surface area contributed by atoms with Crippen molar-refractivity contribution in [3.8, 4) is 0 Å². The number of pyridine rings is 1. The number of hydrogen-bond acceptors (Lipinski definition) is 7. The number of esters is 2. The van der Waals surface area contributed by atoms with E-state index in [0.29, 0.717) is 26.1 Å². The highest BCUT2D eigenvalue weighted by molar-refractivity contribution is 7.99. The maximum absolute atomic E-state index is 12.7. The summed E-state index contributed by atoms with van der Waals surface area (Å²) >= 11 is 7.16. The van der Waals surface area contributed by atoms with E-state index >= 15 is 0 Å². The van der Waals surface area contributed by atoms with Crippen molar-refractivity contribution >= 4 is 46.9 Å². The van der Waals surface area contributed by atoms with E-state index < -0.39 is 11.9 Å². The highest BCUT2D eigenvalue weighted by Crippen LogP contribution is 2.34. The van der Waals surface area contributed by atoms with Crippen LogP contribution in [0.1, 0.15) is 45.2 Å². The predicted molar refractivity (Wildman–Crippen MR) is 126 cm³/mol. The van der Waals surface area contributed by atoms with Crippen LogP contribution in [0.3, 0.4) is 0 Å². The zero-order valence-electron chi connectivity index (χ0n) is 18.0. The van der Waals surface area contributed by atoms with Crippen molar-refractivity contribution in [2.24, 2.45) is 0 Å². The number of amides is 1. The molecule has 0 saturated heterocycles. The Morgan fingerprint density at radius 2 is 1.48 bits per heavy atom. The van der Waals surface area contributed by atoms with Gasteiger partial charge >= 0.3 is 11.9 Å². The minimum Gasteiger partial charge on any atom is -0.461 e. The molecule has 0 aliphatic carbocycles. The SMILES string of the molecule is CCOC(=O)c1cc(Sc2ccccc2NC(=O)c2ccc(Cl)cc2)cc(C(=O)OCC)n1. The largest absolute Gasteiger partial charge is 0.461 e. The van der Waals surface area contributed by atoms with Gasteiger partial charge in [0.25, 0.3) is 5.91 Å². The summed E-state index contributed by atoms with van der Waals surface area (Å²) in [4.78, 5) is 42.5. The second kappa shape index (κ2) is 11.5. The molecule has 0 bridgehead atoms. The molecule has 0 radical (unpaired) electrons. The van der Waals surface area contributed by atoms with E-state index in [-0.39, 0.29) is 30.5 Å². The first-order valence-corrected chi connectivity index (χ1v) is 11.3. The van der Waals surface area contributed by atoms with E-state index in [1.165, 1.54) is 23.9 Å². The Morgan fingerprint density at radius 3 is 2.06 bits per heavy atom. The lowest BCUT2D eigenvalue weighted by atomic mass is 10.2. The van der Waals surface area contributed by atoms with Crippen LogP contribution in [0.25, 0.3) is 0 Å². The molecule has 0 fully saturated rings. The van der Waals surface area contributed by atoms with Gasteiger partial charge in [-0.1, -0.05) is 35.5 Å². The molecule has 1 N–H and O–H groups in total. The van der Waals surface area contributed by atoms with Gasteiger partial charge in [0.1, 0.15) is 11.4 Å². The number of anilines is 1. The van der Waals surface area contributed by atoms with Crippen LogP contribution in [0.15, 0.2) is 70.5 Å². The number of para-hydroxylation sites is 1. The van der Waals surface area contributed by atoms with Crippen LogP contribution in [-0.2, 0) is 9.47 Å². The molecule has 9 heteroatoms. The second-order valence-electron chi connectivity index (χ2n) is 6.57. The van der Waals surface area contributed by atoms with Gasteiger partial charge in [-0.25, -0.2) is 14.6 Å². The predicted octanol–water partition coefficient (Wildman–Crippen LogP) is 5.49. The number of hydrogen-bond donors (Lipinski definition) is 1. The molecule has 1 aromatic heterocycles. The molecular weight excluding hydrogens is 464 g/mol. The fourth-order valence-electron chi connectivity index (χ4n) is 2.77. The normalized spacial score (nSPS) is 10.4. The number of aromatic nitrogens is 1. The fraction of sp³-hybridized carbons (Fsp3) is 0.167. The molecular formula is C24H21ClN2O5S. The van der Waals surface area contributed by atoms with Gasteiger partial charge in [-0.05, 0) is 62.4 Å². The monoisotopic (exact) mass is 484 g/mol. The van der Waals surface area contributed by atoms with E-state index in [4.69, 9.17) is 21.1 Å². The molecule has 7 nitrogen and oxygen atoms in total. The summed E-state index contributed by atoms with van der Waals surface area (Å²) in [5.41, 5.74) is 1.01. The molecule has 0 atom stereocenters. The lowest BCUT2D eigenvalue weighted by Crippen LogP contribution is -2.13. The third kappa shape index (κ3) is 6.57. The molecule has 3 aromatic rings. The highest BCUT2D eigenvalue weighted by Gasteiger charge is 2.18. The van der Waals surface area contributed by atoms with Crippen molar-refractivity contribution in [3.63, 3.8) is 0 Å². The van der Waals surface area contributed by atoms with Crippen LogP contribution in [0, 0.1) is 0 Å². The number of nitrogens with one attached hydrogen (secondary N) is 1. The molecule has 0 aliphatic rings. The number of halogens is 1. The minimum atomic E-state index is -0.644. The Hall–Kier alpha value is -3.36. The lowest BCUT2D eigenvalue weighted by molar-refractivity contribution is 0.0510. The highest BCUT2D eigenvalue weighted by atomic mass is 35.5. The minimum absolute atomic E-state index is 0.00687. The first kappa shape index (κ1) is 24.3. The maximum atomic E-state index is 12.7. The Kier molecular flexibility index (Phi) is 8.46. The smallest absolute Gasteiger partial charge is 0.356 e. The summed E-state index contributed by atoms with van der Waals surface area (Å²) in [6.45, 7) is 3.71. The third-order valence-electron chi connectivity index (χ3n) is 4.24. The molecule has 170 valence electrons. The average molecular weight is 485 g/mol. The Labute approximate surface area is 200 Å². The van der Waals surface area contributed by atoms with Gasteiger partial charge in [-0.15, -0.1) is 0 Å². The zero-order chi connectivity index (χ0) is 23.8. The quantitative estimate of drug-likeness (QED) is 0.422. The molecule has 3 rings (SSSR count). The summed E-state index contributed by atoms with van der Waals surface area (Å²) in [5, 5.41) is 3.42. The van der Waals surface area contributed by atoms with Crippen LogP contribution < -0.4 is 5.32 Å². The Bertz CT molecular complexity index is 1130. The molecule has 33 heavy (non-hydrogen) atoms. The second-order valence-corrected chi connectivity index (χ2v) is 8.13. The average Bonchev–Trinajstić information content (AvgIpc) is 2.81. The summed E-state index contributed by atoms with van der Waals surface area (Å²) in [5.74, 6) is -1.58. The van der Waals surface area contributed by atoms with Crippen LogP contribution in [-0.4, -0.2) is 36.0 Å². The standard InChI is InChI=1S/C24H21ClN2O5S/c1-3-31-23(29)19-13-17(14-20(26-19)24(30)32-4-2)33-21-8-6-5-7-18(21)27-22(28)15-9-11-16(25)12-10-15/h5-14H,3-4H2,1-2H3,(H,27,28). The number of benzene rings is 2. The Morgan fingerprint density at radius 1 is 0.909 bits per heavy atom. The van der Waals surface area contributed by atoms with Gasteiger partial charge < -0.3 is 14.8 Å². The number of nitrogens with zero attached hydrogens (tertiary/aromatic N) is 1. The van der Waals surface area contributed by atoms with Gasteiger partial charge in [0.15, 0.2) is 0 Å². The molecule has 0 saturated carbocycles. The van der Waals surface area contributed by atoms with Gasteiger partial charge in [0.05, 0.1) is 18.9 Å². The van der Waals surface area contributed by atoms with E-state index in [1.54, 1.807) is 50.2 Å². The van der Waals surface area contributed by atoms with Gasteiger partial charge in [-0.2, -0.15) is 0 Å². The van der Waals surface area contributed by atoms with Crippen molar-refractivity contribution in [3.05, 3.63) is 82.6 Å². The number of ether oxygens (including phenoxy) is 2. The summed E-state index contributed by atoms with van der Waals surface area (Å²) in [6.07, 6.45) is 0. The van der Waals surface area contributed by atoms with Crippen molar-refractivity contribution in [2.75, 3.05) is 18.5 Å². The number of carbonyl (C=O) groups is 3. The van der Waals surface area contributed by atoms with Crippen LogP contribution in [0.4, 0.5) is 5.69 Å². The van der Waals surface area contributed by atoms with Crippen molar-refractivity contribution in [2.45, 2.75) is 23.6 Å². The zero-order valence-corrected chi connectivity index (χ0v) is 19.5. The van der Waals surface area contributed by atoms with E-state index in [0.717, 1.165) is 0 Å². The first-order chi connectivity index (χ1) is 15.9. The number of carbonyl (C=O) groups excluding carboxylic acids is 3. The molecule has 0 aliphatic heterocycles. The van der Waals surface area contributed by atoms with E-state index in [2.05, 4.69) is 10.3 Å². The maximum Gasteiger partial charge on any atom is 0.356 e. The van der Waals surface area contributed by atoms with E-state index in [9.17, 15) is 14.4 Å². The lowest BCUT2D eigenvalue weighted by Gasteiger charge is -2.12. The summed E-state index contributed by atoms with van der Waals surface area (Å²) < 4.78 is 10.1. The first-order valence-electron chi connectivity index (χ1n) is 10.1. The van der Waals surface area contributed by atoms with Crippen LogP contribution >= 0.6 is 23.4 Å². The van der Waals surface area contributed by atoms with E-state index in [1.807, 2.05) is 12.1 Å². The van der Waals surface area contributed by atoms with Gasteiger partial charge in [-0.3, -0.25) is 4.79 Å². The molecule has 2 aromatic carbocycles. The van der Waals surface area contributed by atoms with Crippen molar-refractivity contribution in [1.29, 1.82) is 0 Å². The summed E-state index contributed by atoms with van der Waals surface area (Å²) in [6, 6.07) is 16.8.